The molecule has 0 fully saturated rings. The highest BCUT2D eigenvalue weighted by atomic mass is 35.5. The topological polar surface area (TPSA) is 86.8 Å². The van der Waals surface area contributed by atoms with Crippen molar-refractivity contribution in [3.05, 3.63) is 92.9 Å². The van der Waals surface area contributed by atoms with Crippen molar-refractivity contribution >= 4 is 62.3 Å². The summed E-state index contributed by atoms with van der Waals surface area (Å²) in [5, 5.41) is 3.73. The molecule has 1 N–H and O–H groups in total. The van der Waals surface area contributed by atoms with Gasteiger partial charge in [0, 0.05) is 33.7 Å². The zero-order valence-corrected chi connectivity index (χ0v) is 24.9. The maximum atomic E-state index is 13.9. The minimum Gasteiger partial charge on any atom is -0.354 e. The van der Waals surface area contributed by atoms with Crippen LogP contribution in [0.4, 0.5) is 5.69 Å². The van der Waals surface area contributed by atoms with Crippen LogP contribution in [0, 0.1) is 6.92 Å². The lowest BCUT2D eigenvalue weighted by molar-refractivity contribution is -0.139. The molecule has 0 saturated heterocycles. The third kappa shape index (κ3) is 7.66. The molecule has 0 unspecified atom stereocenters. The minimum absolute atomic E-state index is 0.00955. The monoisotopic (exact) mass is 609 g/mol. The quantitative estimate of drug-likeness (QED) is 0.285. The summed E-state index contributed by atoms with van der Waals surface area (Å²) in [6.45, 7) is 5.06. The maximum absolute atomic E-state index is 13.9. The van der Waals surface area contributed by atoms with E-state index < -0.39 is 28.5 Å². The van der Waals surface area contributed by atoms with Crippen LogP contribution < -0.4 is 9.62 Å². The molecular weight excluding hydrogens is 581 g/mol. The van der Waals surface area contributed by atoms with E-state index in [1.807, 2.05) is 13.8 Å². The number of nitrogens with zero attached hydrogens (tertiary/aromatic N) is 2. The lowest BCUT2D eigenvalue weighted by Gasteiger charge is -2.32. The summed E-state index contributed by atoms with van der Waals surface area (Å²) >= 11 is 19.0. The van der Waals surface area contributed by atoms with Gasteiger partial charge in [-0.2, -0.15) is 0 Å². The first-order chi connectivity index (χ1) is 18.4. The van der Waals surface area contributed by atoms with E-state index in [1.165, 1.54) is 23.1 Å². The number of aryl methyl sites for hydroxylation is 1. The molecule has 0 spiro atoms. The minimum atomic E-state index is -4.19. The predicted molar refractivity (Wildman–Crippen MR) is 157 cm³/mol. The van der Waals surface area contributed by atoms with E-state index in [1.54, 1.807) is 55.5 Å². The van der Waals surface area contributed by atoms with E-state index in [-0.39, 0.29) is 23.0 Å². The van der Waals surface area contributed by atoms with Crippen molar-refractivity contribution in [1.82, 2.24) is 10.2 Å². The van der Waals surface area contributed by atoms with Crippen LogP contribution in [-0.4, -0.2) is 44.3 Å². The van der Waals surface area contributed by atoms with E-state index in [4.69, 9.17) is 34.8 Å². The molecule has 0 bridgehead atoms. The highest BCUT2D eigenvalue weighted by Crippen LogP contribution is 2.29. The summed E-state index contributed by atoms with van der Waals surface area (Å²) in [6.07, 6.45) is 0.708. The average molecular weight is 611 g/mol. The third-order valence-corrected chi connectivity index (χ3v) is 8.82. The fraction of sp³-hybridized carbons (Fsp3) is 0.286. The van der Waals surface area contributed by atoms with Gasteiger partial charge in [-0.25, -0.2) is 8.42 Å². The Bertz CT molecular complexity index is 1410. The zero-order valence-electron chi connectivity index (χ0n) is 21.8. The van der Waals surface area contributed by atoms with Crippen molar-refractivity contribution in [2.24, 2.45) is 0 Å². The van der Waals surface area contributed by atoms with Crippen molar-refractivity contribution in [2.75, 3.05) is 17.4 Å². The van der Waals surface area contributed by atoms with Crippen LogP contribution in [0.3, 0.4) is 0 Å². The van der Waals surface area contributed by atoms with E-state index in [9.17, 15) is 18.0 Å². The Hall–Kier alpha value is -2.78. The van der Waals surface area contributed by atoms with Gasteiger partial charge in [-0.1, -0.05) is 71.6 Å². The van der Waals surface area contributed by atoms with E-state index in [0.29, 0.717) is 33.6 Å². The Morgan fingerprint density at radius 2 is 1.56 bits per heavy atom. The number of sulfonamides is 1. The first kappa shape index (κ1) is 30.8. The molecule has 0 aliphatic rings. The second-order valence-electron chi connectivity index (χ2n) is 8.99. The molecule has 39 heavy (non-hydrogen) atoms. The summed E-state index contributed by atoms with van der Waals surface area (Å²) in [7, 11) is -4.19. The SMILES string of the molecule is CCCNC(=O)[C@@H](C)N(Cc1c(Cl)cccc1Cl)C(=O)CN(c1cccc(Cl)c1)S(=O)(=O)c1ccc(C)cc1. The molecule has 0 aliphatic heterocycles. The van der Waals surface area contributed by atoms with Gasteiger partial charge in [0.1, 0.15) is 12.6 Å². The number of anilines is 1. The van der Waals surface area contributed by atoms with Gasteiger partial charge in [0.25, 0.3) is 10.0 Å². The van der Waals surface area contributed by atoms with Crippen molar-refractivity contribution in [3.63, 3.8) is 0 Å². The average Bonchev–Trinajstić information content (AvgIpc) is 2.89. The number of halogens is 3. The number of rotatable bonds is 11. The summed E-state index contributed by atoms with van der Waals surface area (Å²) in [5.74, 6) is -1.01. The van der Waals surface area contributed by atoms with Crippen LogP contribution in [0.1, 0.15) is 31.4 Å². The van der Waals surface area contributed by atoms with Gasteiger partial charge in [-0.3, -0.25) is 13.9 Å². The third-order valence-electron chi connectivity index (χ3n) is 6.09. The summed E-state index contributed by atoms with van der Waals surface area (Å²) in [5.41, 5.74) is 1.53. The Morgan fingerprint density at radius 1 is 0.949 bits per heavy atom. The molecule has 3 rings (SSSR count). The number of hydrogen-bond acceptors (Lipinski definition) is 4. The van der Waals surface area contributed by atoms with E-state index in [2.05, 4.69) is 5.32 Å². The first-order valence-electron chi connectivity index (χ1n) is 12.3. The molecule has 0 radical (unpaired) electrons. The molecule has 3 aromatic carbocycles. The Kier molecular flexibility index (Phi) is 10.7. The van der Waals surface area contributed by atoms with Crippen molar-refractivity contribution in [3.8, 4) is 0 Å². The highest BCUT2D eigenvalue weighted by Gasteiger charge is 2.33. The molecular formula is C28H30Cl3N3O4S. The molecule has 2 amide bonds. The Balaban J connectivity index is 2.06. The van der Waals surface area contributed by atoms with Crippen molar-refractivity contribution < 1.29 is 18.0 Å². The zero-order chi connectivity index (χ0) is 28.7. The Labute approximate surface area is 244 Å². The second-order valence-corrected chi connectivity index (χ2v) is 12.1. The van der Waals surface area contributed by atoms with Gasteiger partial charge < -0.3 is 10.2 Å². The van der Waals surface area contributed by atoms with Crippen LogP contribution in [0.5, 0.6) is 0 Å². The molecule has 1 atom stereocenters. The van der Waals surface area contributed by atoms with Gasteiger partial charge in [-0.15, -0.1) is 0 Å². The standard InChI is InChI=1S/C28H30Cl3N3O4S/c1-4-15-32-28(36)20(3)33(17-24-25(30)9-6-10-26(24)31)27(35)18-34(22-8-5-7-21(29)16-22)39(37,38)23-13-11-19(2)12-14-23/h5-14,16,20H,4,15,17-18H2,1-3H3,(H,32,36)/t20-/m1/s1. The predicted octanol–water partition coefficient (Wildman–Crippen LogP) is 6.09. The number of carbonyl (C=O) groups is 2. The molecule has 11 heteroatoms. The lowest BCUT2D eigenvalue weighted by Crippen LogP contribution is -2.51. The van der Waals surface area contributed by atoms with Crippen LogP contribution in [-0.2, 0) is 26.2 Å². The summed E-state index contributed by atoms with van der Waals surface area (Å²) in [6, 6.07) is 16.5. The molecule has 208 valence electrons. The number of amides is 2. The fourth-order valence-corrected chi connectivity index (χ4v) is 5.94. The fourth-order valence-electron chi connectivity index (χ4n) is 3.83. The van der Waals surface area contributed by atoms with Gasteiger partial charge in [0.05, 0.1) is 10.6 Å². The number of nitrogens with one attached hydrogen (secondary N) is 1. The molecule has 0 aromatic heterocycles. The van der Waals surface area contributed by atoms with Crippen LogP contribution in [0.2, 0.25) is 15.1 Å². The smallest absolute Gasteiger partial charge is 0.264 e. The molecule has 0 heterocycles. The lowest BCUT2D eigenvalue weighted by atomic mass is 10.1. The van der Waals surface area contributed by atoms with Crippen molar-refractivity contribution in [1.29, 1.82) is 0 Å². The van der Waals surface area contributed by atoms with Gasteiger partial charge in [0.2, 0.25) is 11.8 Å². The first-order valence-corrected chi connectivity index (χ1v) is 14.9. The van der Waals surface area contributed by atoms with Crippen LogP contribution in [0.25, 0.3) is 0 Å². The van der Waals surface area contributed by atoms with Crippen LogP contribution >= 0.6 is 34.8 Å². The molecule has 3 aromatic rings. The summed E-state index contributed by atoms with van der Waals surface area (Å²) in [4.78, 5) is 28.1. The van der Waals surface area contributed by atoms with E-state index in [0.717, 1.165) is 9.87 Å². The molecule has 0 saturated carbocycles. The highest BCUT2D eigenvalue weighted by molar-refractivity contribution is 7.92. The Morgan fingerprint density at radius 3 is 2.15 bits per heavy atom. The second kappa shape index (κ2) is 13.5. The normalized spacial score (nSPS) is 12.1. The number of benzene rings is 3. The summed E-state index contributed by atoms with van der Waals surface area (Å²) < 4.78 is 28.6. The number of hydrogen-bond donors (Lipinski definition) is 1. The molecule has 0 aliphatic carbocycles. The van der Waals surface area contributed by atoms with Gasteiger partial charge in [0.15, 0.2) is 0 Å². The largest absolute Gasteiger partial charge is 0.354 e. The van der Waals surface area contributed by atoms with E-state index >= 15 is 0 Å². The number of carbonyl (C=O) groups excluding carboxylic acids is 2. The van der Waals surface area contributed by atoms with Gasteiger partial charge in [-0.05, 0) is 62.7 Å². The molecule has 7 nitrogen and oxygen atoms in total. The van der Waals surface area contributed by atoms with Crippen molar-refractivity contribution in [2.45, 2.75) is 44.7 Å². The maximum Gasteiger partial charge on any atom is 0.264 e. The van der Waals surface area contributed by atoms with Crippen LogP contribution in [0.15, 0.2) is 71.6 Å². The van der Waals surface area contributed by atoms with Gasteiger partial charge >= 0.3 is 0 Å².